The Hall–Kier alpha value is -2.19. The van der Waals surface area contributed by atoms with Crippen LogP contribution in [-0.2, 0) is 15.0 Å². The lowest BCUT2D eigenvalue weighted by atomic mass is 9.62. The van der Waals surface area contributed by atoms with E-state index in [1.54, 1.807) is 24.3 Å². The molecule has 0 bridgehead atoms. The maximum atomic E-state index is 14.1. The fourth-order valence-corrected chi connectivity index (χ4v) is 6.60. The number of nitrogens with zero attached hydrogens (tertiary/aromatic N) is 1. The number of hydrogen-bond donors (Lipinski definition) is 3. The molecule has 0 aliphatic carbocycles. The molecule has 4 rings (SSSR count). The maximum Gasteiger partial charge on any atom is 0.237 e. The van der Waals surface area contributed by atoms with Gasteiger partial charge in [0, 0.05) is 40.8 Å². The summed E-state index contributed by atoms with van der Waals surface area (Å²) in [5.74, 6) is -0.962. The normalized spacial score (nSPS) is 27.4. The van der Waals surface area contributed by atoms with E-state index in [0.29, 0.717) is 29.2 Å². The average Bonchev–Trinajstić information content (AvgIpc) is 3.56. The molecule has 39 heavy (non-hydrogen) atoms. The van der Waals surface area contributed by atoms with Crippen LogP contribution in [0.5, 0.6) is 0 Å². The van der Waals surface area contributed by atoms with Gasteiger partial charge in [0.05, 0.1) is 6.04 Å². The fraction of sp³-hybridized carbons (Fsp3) is 0.533. The second-order valence-corrected chi connectivity index (χ2v) is 12.9. The molecule has 6 nitrogen and oxygen atoms in total. The predicted octanol–water partition coefficient (Wildman–Crippen LogP) is 5.34. The maximum absolute atomic E-state index is 14.1. The van der Waals surface area contributed by atoms with Gasteiger partial charge in [-0.25, -0.2) is 4.39 Å². The van der Waals surface area contributed by atoms with Gasteiger partial charge in [-0.05, 0) is 67.1 Å². The van der Waals surface area contributed by atoms with Gasteiger partial charge in [0.2, 0.25) is 11.8 Å². The second-order valence-electron chi connectivity index (χ2n) is 12.0. The minimum absolute atomic E-state index is 0.0544. The van der Waals surface area contributed by atoms with E-state index < -0.39 is 24.0 Å². The number of benzene rings is 1. The van der Waals surface area contributed by atoms with Crippen LogP contribution in [0.4, 0.5) is 10.1 Å². The number of halogens is 3. The summed E-state index contributed by atoms with van der Waals surface area (Å²) in [5.41, 5.74) is 0.781. The number of nitrogens with one attached hydrogen (secondary N) is 3. The van der Waals surface area contributed by atoms with E-state index in [-0.39, 0.29) is 28.3 Å². The quantitative estimate of drug-likeness (QED) is 0.347. The molecule has 4 atom stereocenters. The Kier molecular flexibility index (Phi) is 9.26. The summed E-state index contributed by atoms with van der Waals surface area (Å²) in [4.78, 5) is 30.2. The van der Waals surface area contributed by atoms with Gasteiger partial charge in [-0.15, -0.1) is 0 Å². The van der Waals surface area contributed by atoms with Crippen molar-refractivity contribution in [3.05, 3.63) is 64.2 Å². The van der Waals surface area contributed by atoms with Crippen molar-refractivity contribution < 1.29 is 14.0 Å². The number of carbonyl (C=O) groups excluding carboxylic acids is 2. The zero-order valence-corrected chi connectivity index (χ0v) is 24.5. The Morgan fingerprint density at radius 2 is 2.03 bits per heavy atom. The number of hydrogen-bond acceptors (Lipinski definition) is 4. The number of likely N-dealkylation sites (tertiary alicyclic amines) is 1. The second kappa shape index (κ2) is 12.1. The molecular formula is C30H39Cl2FN4O2. The molecule has 212 valence electrons. The molecule has 3 aliphatic heterocycles. The number of alkyl halides is 1. The van der Waals surface area contributed by atoms with E-state index in [2.05, 4.69) is 48.2 Å². The number of anilines is 1. The van der Waals surface area contributed by atoms with E-state index in [0.717, 1.165) is 25.2 Å². The van der Waals surface area contributed by atoms with Crippen LogP contribution in [0, 0.1) is 11.3 Å². The van der Waals surface area contributed by atoms with Gasteiger partial charge in [0.25, 0.3) is 0 Å². The molecule has 0 radical (unpaired) electrons. The van der Waals surface area contributed by atoms with E-state index in [1.807, 2.05) is 6.07 Å². The summed E-state index contributed by atoms with van der Waals surface area (Å²) >= 11 is 12.2. The van der Waals surface area contributed by atoms with Crippen LogP contribution in [-0.4, -0.2) is 61.7 Å². The fourth-order valence-electron chi connectivity index (χ4n) is 6.35. The summed E-state index contributed by atoms with van der Waals surface area (Å²) in [7, 11) is 0. The molecule has 0 aromatic heterocycles. The highest BCUT2D eigenvalue weighted by atomic mass is 35.5. The van der Waals surface area contributed by atoms with Crippen molar-refractivity contribution in [2.24, 2.45) is 11.3 Å². The average molecular weight is 578 g/mol. The molecule has 0 unspecified atom stereocenters. The third-order valence-electron chi connectivity index (χ3n) is 7.94. The van der Waals surface area contributed by atoms with Crippen LogP contribution in [0.3, 0.4) is 0 Å². The third-order valence-corrected chi connectivity index (χ3v) is 8.41. The van der Waals surface area contributed by atoms with Gasteiger partial charge in [-0.1, -0.05) is 68.8 Å². The lowest BCUT2D eigenvalue weighted by Gasteiger charge is -2.37. The minimum Gasteiger partial charge on any atom is -0.353 e. The lowest BCUT2D eigenvalue weighted by molar-refractivity contribution is -0.124. The summed E-state index contributed by atoms with van der Waals surface area (Å²) in [6.07, 6.45) is 7.80. The van der Waals surface area contributed by atoms with Crippen LogP contribution < -0.4 is 16.0 Å². The molecule has 1 spiro atoms. The van der Waals surface area contributed by atoms with E-state index in [4.69, 9.17) is 23.2 Å². The number of amides is 2. The molecule has 9 heteroatoms. The molecule has 3 heterocycles. The van der Waals surface area contributed by atoms with Crippen LogP contribution >= 0.6 is 23.2 Å². The van der Waals surface area contributed by atoms with Gasteiger partial charge in [-0.2, -0.15) is 0 Å². The highest BCUT2D eigenvalue weighted by Gasteiger charge is 2.65. The minimum atomic E-state index is -1.10. The Labute approximate surface area is 241 Å². The van der Waals surface area contributed by atoms with E-state index in [1.165, 1.54) is 18.9 Å². The van der Waals surface area contributed by atoms with E-state index >= 15 is 0 Å². The first-order chi connectivity index (χ1) is 18.5. The molecule has 3 N–H and O–H groups in total. The zero-order chi connectivity index (χ0) is 28.4. The van der Waals surface area contributed by atoms with Gasteiger partial charge < -0.3 is 20.9 Å². The molecule has 3 aliphatic rings. The van der Waals surface area contributed by atoms with Gasteiger partial charge in [0.15, 0.2) is 0 Å². The van der Waals surface area contributed by atoms with E-state index in [9.17, 15) is 14.0 Å². The summed E-state index contributed by atoms with van der Waals surface area (Å²) in [5, 5.41) is 10.3. The first kappa shape index (κ1) is 29.8. The highest BCUT2D eigenvalue weighted by Crippen LogP contribution is 2.55. The number of allylic oxidation sites excluding steroid dienone is 4. The largest absolute Gasteiger partial charge is 0.353 e. The molecule has 0 saturated carbocycles. The van der Waals surface area contributed by atoms with Crippen molar-refractivity contribution >= 4 is 40.7 Å². The number of rotatable bonds is 9. The summed E-state index contributed by atoms with van der Waals surface area (Å²) in [6.45, 7) is 13.3. The highest BCUT2D eigenvalue weighted by molar-refractivity contribution is 6.31. The summed E-state index contributed by atoms with van der Waals surface area (Å²) in [6, 6.07) is 4.35. The standard InChI is InChI=1S/C30H39Cl2FN4O2/c1-19(8-7-9-21(32)18-33)25-26(27(38)34-12-15-37-13-5-6-14-37)36-24(17-29(2,3)4)30(25)22-11-10-20(31)16-23(22)35-28(30)39/h7-11,16,24-26,36H,1,5-6,12-15,17-18H2,2-4H3,(H,34,38)(H,35,39)/b8-7-,21-9+/t24-,25+,26-,30+/m1/s1. The topological polar surface area (TPSA) is 73.5 Å². The first-order valence-corrected chi connectivity index (χ1v) is 14.4. The molecule has 2 amide bonds. The predicted molar refractivity (Wildman–Crippen MR) is 157 cm³/mol. The van der Waals surface area contributed by atoms with Gasteiger partial charge in [-0.3, -0.25) is 9.59 Å². The molecule has 1 aromatic rings. The van der Waals surface area contributed by atoms with Gasteiger partial charge in [0.1, 0.15) is 12.1 Å². The van der Waals surface area contributed by atoms with Crippen molar-refractivity contribution in [2.45, 2.75) is 57.5 Å². The van der Waals surface area contributed by atoms with Crippen LogP contribution in [0.25, 0.3) is 0 Å². The van der Waals surface area contributed by atoms with Crippen LogP contribution in [0.15, 0.2) is 53.6 Å². The number of fused-ring (bicyclic) bond motifs is 2. The third kappa shape index (κ3) is 6.27. The van der Waals surface area contributed by atoms with Crippen molar-refractivity contribution in [2.75, 3.05) is 38.2 Å². The molecular weight excluding hydrogens is 538 g/mol. The Balaban J connectivity index is 1.75. The molecule has 2 saturated heterocycles. The molecule has 1 aromatic carbocycles. The van der Waals surface area contributed by atoms with Gasteiger partial charge >= 0.3 is 0 Å². The lowest BCUT2D eigenvalue weighted by Crippen LogP contribution is -2.50. The smallest absolute Gasteiger partial charge is 0.237 e. The number of carbonyl (C=O) groups is 2. The van der Waals surface area contributed by atoms with Crippen molar-refractivity contribution in [3.8, 4) is 0 Å². The Morgan fingerprint density at radius 1 is 1.31 bits per heavy atom. The SMILES string of the molecule is C=C(/C=C\C=C(\Cl)CF)[C@H]1[C@H](C(=O)NCCN2CCCC2)N[C@H](CC(C)(C)C)[C@]12C(=O)Nc1cc(Cl)ccc12. The van der Waals surface area contributed by atoms with Crippen molar-refractivity contribution in [1.82, 2.24) is 15.5 Å². The van der Waals surface area contributed by atoms with Crippen molar-refractivity contribution in [3.63, 3.8) is 0 Å². The summed E-state index contributed by atoms with van der Waals surface area (Å²) < 4.78 is 12.9. The first-order valence-electron chi connectivity index (χ1n) is 13.6. The van der Waals surface area contributed by atoms with Crippen LogP contribution in [0.2, 0.25) is 5.02 Å². The molecule has 2 fully saturated rings. The Morgan fingerprint density at radius 3 is 2.69 bits per heavy atom. The van der Waals surface area contributed by atoms with Crippen molar-refractivity contribution in [1.29, 1.82) is 0 Å². The Bertz CT molecular complexity index is 1170. The monoisotopic (exact) mass is 576 g/mol. The zero-order valence-electron chi connectivity index (χ0n) is 23.0. The van der Waals surface area contributed by atoms with Crippen LogP contribution in [0.1, 0.15) is 45.6 Å².